The summed E-state index contributed by atoms with van der Waals surface area (Å²) in [6, 6.07) is 0. The number of ketones is 1. The van der Waals surface area contributed by atoms with Crippen molar-refractivity contribution < 1.29 is 18.8 Å². The molecule has 0 N–H and O–H groups in total. The van der Waals surface area contributed by atoms with Crippen LogP contribution in [0.25, 0.3) is 0 Å². The second-order valence-corrected chi connectivity index (χ2v) is 15.3. The largest absolute Gasteiger partial charge is 0.469 e. The highest BCUT2D eigenvalue weighted by atomic mass is 16.5. The van der Waals surface area contributed by atoms with Gasteiger partial charge in [0, 0.05) is 16.9 Å². The van der Waals surface area contributed by atoms with Gasteiger partial charge in [0.2, 0.25) is 0 Å². The SMILES string of the molecule is COC(=O)[C@@]1(C)CC[C@@]2(C)CC[C@@]3(C)C(=CC(=O)[C@@H]4[C@@]5(C)Cc6cnoc6C(C)(C)[C@@H]5CC[C@@]43C)[C@@H]2C1. The zero-order valence-corrected chi connectivity index (χ0v) is 24.1. The summed E-state index contributed by atoms with van der Waals surface area (Å²) in [6.45, 7) is 16.4. The van der Waals surface area contributed by atoms with Crippen molar-refractivity contribution in [1.29, 1.82) is 0 Å². The van der Waals surface area contributed by atoms with Crippen molar-refractivity contribution in [2.75, 3.05) is 7.11 Å². The molecule has 6 rings (SSSR count). The van der Waals surface area contributed by atoms with Gasteiger partial charge in [-0.25, -0.2) is 0 Å². The summed E-state index contributed by atoms with van der Waals surface area (Å²) in [7, 11) is 1.51. The molecule has 0 radical (unpaired) electrons. The number of nitrogens with zero attached hydrogens (tertiary/aromatic N) is 1. The Morgan fingerprint density at radius 2 is 1.73 bits per heavy atom. The van der Waals surface area contributed by atoms with Crippen LogP contribution in [0.3, 0.4) is 0 Å². The first-order valence-corrected chi connectivity index (χ1v) is 14.4. The number of esters is 1. The lowest BCUT2D eigenvalue weighted by atomic mass is 9.33. The van der Waals surface area contributed by atoms with Gasteiger partial charge in [-0.05, 0) is 97.9 Å². The van der Waals surface area contributed by atoms with E-state index in [1.54, 1.807) is 0 Å². The lowest BCUT2D eigenvalue weighted by molar-refractivity contribution is -0.175. The number of ether oxygens (including phenoxy) is 1. The molecule has 37 heavy (non-hydrogen) atoms. The molecule has 5 aliphatic carbocycles. The third-order valence-corrected chi connectivity index (χ3v) is 13.2. The summed E-state index contributed by atoms with van der Waals surface area (Å²) in [5, 5.41) is 4.19. The Labute approximate surface area is 222 Å². The van der Waals surface area contributed by atoms with E-state index in [1.807, 2.05) is 6.20 Å². The van der Waals surface area contributed by atoms with E-state index in [0.717, 1.165) is 57.1 Å². The zero-order valence-electron chi connectivity index (χ0n) is 24.1. The third kappa shape index (κ3) is 2.95. The van der Waals surface area contributed by atoms with Gasteiger partial charge >= 0.3 is 5.97 Å². The fraction of sp³-hybridized carbons (Fsp3) is 0.781. The van der Waals surface area contributed by atoms with Gasteiger partial charge in [-0.1, -0.05) is 52.3 Å². The van der Waals surface area contributed by atoms with Crippen LogP contribution in [-0.2, 0) is 26.2 Å². The Balaban J connectivity index is 1.47. The lowest BCUT2D eigenvalue weighted by Crippen LogP contribution is -2.66. The summed E-state index contributed by atoms with van der Waals surface area (Å²) < 4.78 is 11.1. The van der Waals surface area contributed by atoms with Crippen molar-refractivity contribution in [3.63, 3.8) is 0 Å². The van der Waals surface area contributed by atoms with E-state index in [1.165, 1.54) is 18.2 Å². The minimum atomic E-state index is -0.486. The first-order chi connectivity index (χ1) is 17.2. The van der Waals surface area contributed by atoms with Crippen LogP contribution in [0.4, 0.5) is 0 Å². The van der Waals surface area contributed by atoms with E-state index in [9.17, 15) is 9.59 Å². The summed E-state index contributed by atoms with van der Waals surface area (Å²) >= 11 is 0. The van der Waals surface area contributed by atoms with Gasteiger partial charge in [0.1, 0.15) is 5.76 Å². The second kappa shape index (κ2) is 7.39. The minimum Gasteiger partial charge on any atom is -0.469 e. The van der Waals surface area contributed by atoms with Gasteiger partial charge in [-0.2, -0.15) is 0 Å². The molecule has 0 unspecified atom stereocenters. The van der Waals surface area contributed by atoms with Gasteiger partial charge in [0.05, 0.1) is 18.7 Å². The number of hydrogen-bond acceptors (Lipinski definition) is 5. The normalized spacial score (nSPS) is 47.9. The highest BCUT2D eigenvalue weighted by Crippen LogP contribution is 2.74. The van der Waals surface area contributed by atoms with E-state index < -0.39 is 5.41 Å². The topological polar surface area (TPSA) is 69.4 Å². The Bertz CT molecular complexity index is 1210. The van der Waals surface area contributed by atoms with Crippen LogP contribution in [0, 0.1) is 44.8 Å². The number of methoxy groups -OCH3 is 1. The maximum absolute atomic E-state index is 14.5. The third-order valence-electron chi connectivity index (χ3n) is 13.2. The summed E-state index contributed by atoms with van der Waals surface area (Å²) in [5.41, 5.74) is 1.68. The smallest absolute Gasteiger partial charge is 0.311 e. The molecule has 5 heteroatoms. The summed E-state index contributed by atoms with van der Waals surface area (Å²) in [4.78, 5) is 27.4. The molecular weight excluding hydrogens is 462 g/mol. The van der Waals surface area contributed by atoms with Crippen LogP contribution in [0.1, 0.15) is 105 Å². The van der Waals surface area contributed by atoms with Crippen molar-refractivity contribution in [3.05, 3.63) is 29.2 Å². The van der Waals surface area contributed by atoms with Crippen LogP contribution in [0.15, 0.2) is 22.4 Å². The van der Waals surface area contributed by atoms with Gasteiger partial charge in [0.25, 0.3) is 0 Å². The fourth-order valence-electron chi connectivity index (χ4n) is 10.9. The first kappa shape index (κ1) is 25.4. The Kier molecular flexibility index (Phi) is 5.06. The quantitative estimate of drug-likeness (QED) is 0.389. The maximum Gasteiger partial charge on any atom is 0.311 e. The molecular formula is C32H45NO4. The molecule has 5 aliphatic rings. The van der Waals surface area contributed by atoms with Crippen LogP contribution in [0.5, 0.6) is 0 Å². The fourth-order valence-corrected chi connectivity index (χ4v) is 10.9. The van der Waals surface area contributed by atoms with E-state index in [4.69, 9.17) is 9.26 Å². The molecule has 1 aromatic rings. The predicted octanol–water partition coefficient (Wildman–Crippen LogP) is 6.84. The maximum atomic E-state index is 14.5. The van der Waals surface area contributed by atoms with E-state index >= 15 is 0 Å². The lowest BCUT2D eigenvalue weighted by Gasteiger charge is -2.69. The molecule has 3 saturated carbocycles. The molecule has 1 aromatic heterocycles. The number of fused-ring (bicyclic) bond motifs is 8. The Morgan fingerprint density at radius 1 is 1.03 bits per heavy atom. The van der Waals surface area contributed by atoms with Gasteiger partial charge < -0.3 is 9.26 Å². The van der Waals surface area contributed by atoms with Crippen LogP contribution in [-0.4, -0.2) is 24.0 Å². The van der Waals surface area contributed by atoms with Gasteiger partial charge in [-0.3, -0.25) is 9.59 Å². The van der Waals surface area contributed by atoms with E-state index in [0.29, 0.717) is 11.7 Å². The van der Waals surface area contributed by atoms with Crippen LogP contribution >= 0.6 is 0 Å². The zero-order chi connectivity index (χ0) is 26.8. The molecule has 0 aliphatic heterocycles. The molecule has 0 bridgehead atoms. The van der Waals surface area contributed by atoms with Crippen LogP contribution in [0.2, 0.25) is 0 Å². The standard InChI is InChI=1S/C32H45NO4/c1-27(2)23-9-10-32(7)24(30(23,5)16-19-18-33-37-25(19)27)22(34)15-20-21-17-29(4,26(35)36-8)12-11-28(21,3)13-14-31(20,32)6/h15,18,21,23-24H,9-14,16-17H2,1-8H3/t21-,23-,24+,28-,29-,30-,31-,32-/m0/s1. The predicted molar refractivity (Wildman–Crippen MR) is 142 cm³/mol. The molecule has 3 fully saturated rings. The number of carbonyl (C=O) groups excluding carboxylic acids is 2. The van der Waals surface area contributed by atoms with Crippen molar-refractivity contribution in [2.45, 2.75) is 105 Å². The highest BCUT2D eigenvalue weighted by molar-refractivity contribution is 5.96. The number of aromatic nitrogens is 1. The molecule has 1 heterocycles. The molecule has 0 saturated heterocycles. The molecule has 0 amide bonds. The van der Waals surface area contributed by atoms with Gasteiger partial charge in [0.15, 0.2) is 5.78 Å². The molecule has 0 aromatic carbocycles. The van der Waals surface area contributed by atoms with Crippen molar-refractivity contribution in [2.24, 2.45) is 44.8 Å². The minimum absolute atomic E-state index is 0.0326. The summed E-state index contributed by atoms with van der Waals surface area (Å²) in [6.07, 6.45) is 11.9. The first-order valence-electron chi connectivity index (χ1n) is 14.4. The van der Waals surface area contributed by atoms with E-state index in [-0.39, 0.29) is 44.9 Å². The van der Waals surface area contributed by atoms with Crippen molar-refractivity contribution in [3.8, 4) is 0 Å². The Hall–Kier alpha value is -1.91. The molecule has 5 nitrogen and oxygen atoms in total. The molecule has 202 valence electrons. The summed E-state index contributed by atoms with van der Waals surface area (Å²) in [5.74, 6) is 1.80. The highest BCUT2D eigenvalue weighted by Gasteiger charge is 2.70. The van der Waals surface area contributed by atoms with Crippen LogP contribution < -0.4 is 0 Å². The Morgan fingerprint density at radius 3 is 2.43 bits per heavy atom. The van der Waals surface area contributed by atoms with Crippen molar-refractivity contribution >= 4 is 11.8 Å². The number of rotatable bonds is 1. The second-order valence-electron chi connectivity index (χ2n) is 15.3. The number of carbonyl (C=O) groups is 2. The monoisotopic (exact) mass is 507 g/mol. The van der Waals surface area contributed by atoms with Gasteiger partial charge in [-0.15, -0.1) is 0 Å². The molecule has 0 spiro atoms. The average molecular weight is 508 g/mol. The van der Waals surface area contributed by atoms with Crippen molar-refractivity contribution in [1.82, 2.24) is 5.16 Å². The molecule has 8 atom stereocenters. The van der Waals surface area contributed by atoms with E-state index in [2.05, 4.69) is 59.7 Å². The number of hydrogen-bond donors (Lipinski definition) is 0. The number of allylic oxidation sites excluding steroid dienone is 2. The average Bonchev–Trinajstić information content (AvgIpc) is 3.29.